The lowest BCUT2D eigenvalue weighted by Crippen LogP contribution is -2.44. The highest BCUT2D eigenvalue weighted by Crippen LogP contribution is 2.08. The molecular weight excluding hydrogens is 172 g/mol. The Labute approximate surface area is 89.1 Å². The van der Waals surface area contributed by atoms with Gasteiger partial charge in [0.15, 0.2) is 0 Å². The van der Waals surface area contributed by atoms with Crippen LogP contribution in [0.4, 0.5) is 0 Å². The van der Waals surface area contributed by atoms with Crippen molar-refractivity contribution in [3.8, 4) is 0 Å². The predicted octanol–water partition coefficient (Wildman–Crippen LogP) is 2.25. The van der Waals surface area contributed by atoms with Crippen molar-refractivity contribution in [1.82, 2.24) is 10.2 Å². The zero-order valence-corrected chi connectivity index (χ0v) is 9.89. The number of hydrogen-bond acceptors (Lipinski definition) is 2. The minimum absolute atomic E-state index is 0.760. The molecule has 14 heavy (non-hydrogen) atoms. The normalized spacial score (nSPS) is 24.0. The van der Waals surface area contributed by atoms with Crippen LogP contribution in [0.2, 0.25) is 0 Å². The molecule has 0 aromatic carbocycles. The van der Waals surface area contributed by atoms with Gasteiger partial charge in [-0.2, -0.15) is 0 Å². The summed E-state index contributed by atoms with van der Waals surface area (Å²) < 4.78 is 0. The Morgan fingerprint density at radius 3 is 2.86 bits per heavy atom. The zero-order valence-electron chi connectivity index (χ0n) is 9.89. The molecule has 1 unspecified atom stereocenters. The molecule has 2 nitrogen and oxygen atoms in total. The van der Waals surface area contributed by atoms with Gasteiger partial charge in [0.1, 0.15) is 0 Å². The quantitative estimate of drug-likeness (QED) is 0.659. The number of rotatable bonds is 6. The summed E-state index contributed by atoms with van der Waals surface area (Å²) in [5.74, 6) is 0. The van der Waals surface area contributed by atoms with E-state index in [2.05, 4.69) is 24.2 Å². The Kier molecular flexibility index (Phi) is 6.20. The molecule has 0 amide bonds. The highest BCUT2D eigenvalue weighted by Gasteiger charge is 2.15. The van der Waals surface area contributed by atoms with Crippen LogP contribution in [0.1, 0.15) is 45.4 Å². The topological polar surface area (TPSA) is 15.3 Å². The molecule has 1 aliphatic rings. The molecule has 1 rings (SSSR count). The molecule has 1 saturated heterocycles. The summed E-state index contributed by atoms with van der Waals surface area (Å²) >= 11 is 0. The van der Waals surface area contributed by atoms with Gasteiger partial charge in [0.05, 0.1) is 0 Å². The van der Waals surface area contributed by atoms with Crippen molar-refractivity contribution in [2.24, 2.45) is 0 Å². The van der Waals surface area contributed by atoms with Gasteiger partial charge in [-0.15, -0.1) is 0 Å². The van der Waals surface area contributed by atoms with Gasteiger partial charge < -0.3 is 10.2 Å². The molecule has 0 spiro atoms. The van der Waals surface area contributed by atoms with Gasteiger partial charge in [0, 0.05) is 12.6 Å². The van der Waals surface area contributed by atoms with Crippen molar-refractivity contribution in [2.75, 3.05) is 26.7 Å². The first-order valence-corrected chi connectivity index (χ1v) is 6.25. The van der Waals surface area contributed by atoms with Crippen molar-refractivity contribution >= 4 is 0 Å². The van der Waals surface area contributed by atoms with E-state index in [1.807, 2.05) is 0 Å². The Balaban J connectivity index is 1.95. The van der Waals surface area contributed by atoms with E-state index >= 15 is 0 Å². The molecule has 2 heteroatoms. The molecule has 0 aromatic rings. The first-order chi connectivity index (χ1) is 6.83. The predicted molar refractivity (Wildman–Crippen MR) is 62.7 cm³/mol. The maximum atomic E-state index is 3.67. The average Bonchev–Trinajstić information content (AvgIpc) is 2.18. The fraction of sp³-hybridized carbons (Fsp3) is 1.00. The highest BCUT2D eigenvalue weighted by molar-refractivity contribution is 4.75. The van der Waals surface area contributed by atoms with Crippen LogP contribution in [0.15, 0.2) is 0 Å². The van der Waals surface area contributed by atoms with Gasteiger partial charge in [-0.1, -0.05) is 26.2 Å². The molecule has 0 aliphatic carbocycles. The number of likely N-dealkylation sites (N-methyl/N-ethyl adjacent to an activating group) is 1. The number of nitrogens with one attached hydrogen (secondary N) is 1. The van der Waals surface area contributed by atoms with Gasteiger partial charge in [-0.25, -0.2) is 0 Å². The van der Waals surface area contributed by atoms with Gasteiger partial charge in [-0.3, -0.25) is 0 Å². The summed E-state index contributed by atoms with van der Waals surface area (Å²) in [5, 5.41) is 3.67. The first kappa shape index (κ1) is 12.0. The summed E-state index contributed by atoms with van der Waals surface area (Å²) in [7, 11) is 2.23. The second kappa shape index (κ2) is 7.24. The zero-order chi connectivity index (χ0) is 10.2. The van der Waals surface area contributed by atoms with Crippen LogP contribution in [-0.4, -0.2) is 37.6 Å². The molecule has 84 valence electrons. The molecule has 1 aliphatic heterocycles. The van der Waals surface area contributed by atoms with Crippen molar-refractivity contribution < 1.29 is 0 Å². The van der Waals surface area contributed by atoms with Crippen molar-refractivity contribution in [3.63, 3.8) is 0 Å². The van der Waals surface area contributed by atoms with E-state index in [0.717, 1.165) is 6.04 Å². The SMILES string of the molecule is CCCCCCNC1CCCN(C)C1. The lowest BCUT2D eigenvalue weighted by molar-refractivity contribution is 0.227. The molecule has 0 saturated carbocycles. The van der Waals surface area contributed by atoms with E-state index in [4.69, 9.17) is 0 Å². The average molecular weight is 198 g/mol. The Morgan fingerprint density at radius 1 is 1.29 bits per heavy atom. The summed E-state index contributed by atoms with van der Waals surface area (Å²) in [5.41, 5.74) is 0. The Bertz CT molecular complexity index is 136. The van der Waals surface area contributed by atoms with Crippen LogP contribution >= 0.6 is 0 Å². The molecule has 0 bridgehead atoms. The van der Waals surface area contributed by atoms with Crippen LogP contribution in [0.3, 0.4) is 0 Å². The molecule has 0 aromatic heterocycles. The van der Waals surface area contributed by atoms with Crippen LogP contribution < -0.4 is 5.32 Å². The number of likely N-dealkylation sites (tertiary alicyclic amines) is 1. The van der Waals surface area contributed by atoms with Crippen LogP contribution in [0, 0.1) is 0 Å². The molecule has 1 heterocycles. The van der Waals surface area contributed by atoms with Crippen molar-refractivity contribution in [3.05, 3.63) is 0 Å². The van der Waals surface area contributed by atoms with Gasteiger partial charge >= 0.3 is 0 Å². The van der Waals surface area contributed by atoms with E-state index in [0.29, 0.717) is 0 Å². The lowest BCUT2D eigenvalue weighted by atomic mass is 10.1. The maximum absolute atomic E-state index is 3.67. The summed E-state index contributed by atoms with van der Waals surface area (Å²) in [4.78, 5) is 2.44. The summed E-state index contributed by atoms with van der Waals surface area (Å²) in [6.45, 7) is 6.02. The Hall–Kier alpha value is -0.0800. The second-order valence-corrected chi connectivity index (χ2v) is 4.62. The molecule has 1 atom stereocenters. The maximum Gasteiger partial charge on any atom is 0.0195 e. The highest BCUT2D eigenvalue weighted by atomic mass is 15.1. The van der Waals surface area contributed by atoms with Gasteiger partial charge in [0.2, 0.25) is 0 Å². The summed E-state index contributed by atoms with van der Waals surface area (Å²) in [6, 6.07) is 0.760. The fourth-order valence-electron chi connectivity index (χ4n) is 2.19. The van der Waals surface area contributed by atoms with Gasteiger partial charge in [-0.05, 0) is 39.4 Å². The fourth-order valence-corrected chi connectivity index (χ4v) is 2.19. The van der Waals surface area contributed by atoms with Crippen LogP contribution in [-0.2, 0) is 0 Å². The van der Waals surface area contributed by atoms with E-state index in [-0.39, 0.29) is 0 Å². The van der Waals surface area contributed by atoms with Crippen LogP contribution in [0.5, 0.6) is 0 Å². The monoisotopic (exact) mass is 198 g/mol. The third kappa shape index (κ3) is 4.97. The van der Waals surface area contributed by atoms with E-state index in [9.17, 15) is 0 Å². The first-order valence-electron chi connectivity index (χ1n) is 6.25. The molecule has 0 radical (unpaired) electrons. The smallest absolute Gasteiger partial charge is 0.0195 e. The van der Waals surface area contributed by atoms with E-state index < -0.39 is 0 Å². The van der Waals surface area contributed by atoms with E-state index in [1.54, 1.807) is 0 Å². The summed E-state index contributed by atoms with van der Waals surface area (Å²) in [6.07, 6.45) is 8.22. The largest absolute Gasteiger partial charge is 0.313 e. The second-order valence-electron chi connectivity index (χ2n) is 4.62. The van der Waals surface area contributed by atoms with Crippen molar-refractivity contribution in [1.29, 1.82) is 0 Å². The minimum Gasteiger partial charge on any atom is -0.313 e. The van der Waals surface area contributed by atoms with Crippen LogP contribution in [0.25, 0.3) is 0 Å². The number of hydrogen-bond donors (Lipinski definition) is 1. The Morgan fingerprint density at radius 2 is 2.14 bits per heavy atom. The van der Waals surface area contributed by atoms with Crippen molar-refractivity contribution in [2.45, 2.75) is 51.5 Å². The van der Waals surface area contributed by atoms with Gasteiger partial charge in [0.25, 0.3) is 0 Å². The number of unbranched alkanes of at least 4 members (excludes halogenated alkanes) is 3. The molecular formula is C12H26N2. The standard InChI is InChI=1S/C12H26N2/c1-3-4-5-6-9-13-12-8-7-10-14(2)11-12/h12-13H,3-11H2,1-2H3. The lowest BCUT2D eigenvalue weighted by Gasteiger charge is -2.30. The third-order valence-corrected chi connectivity index (χ3v) is 3.09. The number of piperidine rings is 1. The molecule has 1 fully saturated rings. The molecule has 1 N–H and O–H groups in total. The number of nitrogens with zero attached hydrogens (tertiary/aromatic N) is 1. The third-order valence-electron chi connectivity index (χ3n) is 3.09. The van der Waals surface area contributed by atoms with E-state index in [1.165, 1.54) is 58.2 Å². The minimum atomic E-state index is 0.760.